The van der Waals surface area contributed by atoms with Crippen molar-refractivity contribution in [3.63, 3.8) is 0 Å². The second-order valence-electron chi connectivity index (χ2n) is 3.90. The number of anilines is 2. The SMILES string of the molecule is CC(C#N)CN(C)c1cc(C(N)=O)c(N)cn1. The van der Waals surface area contributed by atoms with E-state index in [-0.39, 0.29) is 17.2 Å². The minimum absolute atomic E-state index is 0.128. The van der Waals surface area contributed by atoms with Crippen LogP contribution in [0.3, 0.4) is 0 Å². The summed E-state index contributed by atoms with van der Waals surface area (Å²) >= 11 is 0. The maximum atomic E-state index is 11.1. The molecule has 1 unspecified atom stereocenters. The highest BCUT2D eigenvalue weighted by atomic mass is 16.1. The van der Waals surface area contributed by atoms with Crippen molar-refractivity contribution in [2.24, 2.45) is 11.7 Å². The highest BCUT2D eigenvalue weighted by Gasteiger charge is 2.12. The molecule has 0 aromatic carbocycles. The van der Waals surface area contributed by atoms with Crippen molar-refractivity contribution in [3.8, 4) is 6.07 Å². The Morgan fingerprint density at radius 2 is 2.35 bits per heavy atom. The van der Waals surface area contributed by atoms with E-state index in [1.807, 2.05) is 6.92 Å². The minimum Gasteiger partial charge on any atom is -0.397 e. The lowest BCUT2D eigenvalue weighted by Gasteiger charge is -2.19. The van der Waals surface area contributed by atoms with Crippen LogP contribution in [-0.4, -0.2) is 24.5 Å². The van der Waals surface area contributed by atoms with Crippen molar-refractivity contribution in [1.29, 1.82) is 5.26 Å². The Balaban J connectivity index is 2.96. The second-order valence-corrected chi connectivity index (χ2v) is 3.90. The molecule has 1 rings (SSSR count). The summed E-state index contributed by atoms with van der Waals surface area (Å²) in [6, 6.07) is 3.66. The van der Waals surface area contributed by atoms with Gasteiger partial charge in [0.05, 0.1) is 29.4 Å². The molecular formula is C11H15N5O. The number of aromatic nitrogens is 1. The molecule has 0 fully saturated rings. The van der Waals surface area contributed by atoms with E-state index in [0.717, 1.165) is 0 Å². The van der Waals surface area contributed by atoms with Crippen LogP contribution in [0.1, 0.15) is 17.3 Å². The van der Waals surface area contributed by atoms with E-state index in [2.05, 4.69) is 11.1 Å². The van der Waals surface area contributed by atoms with E-state index >= 15 is 0 Å². The number of nitrogens with zero attached hydrogens (tertiary/aromatic N) is 3. The van der Waals surface area contributed by atoms with Crippen LogP contribution in [0.15, 0.2) is 12.3 Å². The summed E-state index contributed by atoms with van der Waals surface area (Å²) in [6.07, 6.45) is 1.39. The van der Waals surface area contributed by atoms with E-state index < -0.39 is 5.91 Å². The van der Waals surface area contributed by atoms with Crippen LogP contribution in [0.5, 0.6) is 0 Å². The molecular weight excluding hydrogens is 218 g/mol. The largest absolute Gasteiger partial charge is 0.397 e. The zero-order chi connectivity index (χ0) is 13.0. The monoisotopic (exact) mass is 233 g/mol. The molecule has 6 nitrogen and oxygen atoms in total. The average Bonchev–Trinajstić information content (AvgIpc) is 2.28. The van der Waals surface area contributed by atoms with Gasteiger partial charge >= 0.3 is 0 Å². The number of nitrogen functional groups attached to an aromatic ring is 1. The number of pyridine rings is 1. The zero-order valence-corrected chi connectivity index (χ0v) is 9.84. The molecule has 0 aliphatic rings. The summed E-state index contributed by atoms with van der Waals surface area (Å²) < 4.78 is 0. The molecule has 17 heavy (non-hydrogen) atoms. The van der Waals surface area contributed by atoms with Crippen molar-refractivity contribution < 1.29 is 4.79 Å². The summed E-state index contributed by atoms with van der Waals surface area (Å²) in [5.74, 6) is -0.153. The van der Waals surface area contributed by atoms with E-state index in [1.165, 1.54) is 12.3 Å². The zero-order valence-electron chi connectivity index (χ0n) is 9.84. The predicted octanol–water partition coefficient (Wildman–Crippen LogP) is 0.359. The van der Waals surface area contributed by atoms with Gasteiger partial charge in [-0.05, 0) is 13.0 Å². The van der Waals surface area contributed by atoms with Crippen LogP contribution < -0.4 is 16.4 Å². The molecule has 0 saturated heterocycles. The fourth-order valence-electron chi connectivity index (χ4n) is 1.42. The molecule has 0 bridgehead atoms. The Hall–Kier alpha value is -2.29. The topological polar surface area (TPSA) is 109 Å². The molecule has 0 saturated carbocycles. The molecule has 1 aromatic heterocycles. The number of hydrogen-bond acceptors (Lipinski definition) is 5. The lowest BCUT2D eigenvalue weighted by Crippen LogP contribution is -2.25. The number of amides is 1. The highest BCUT2D eigenvalue weighted by molar-refractivity contribution is 5.98. The van der Waals surface area contributed by atoms with Crippen molar-refractivity contribution in [2.75, 3.05) is 24.2 Å². The van der Waals surface area contributed by atoms with Crippen LogP contribution in [0.25, 0.3) is 0 Å². The van der Waals surface area contributed by atoms with Crippen molar-refractivity contribution in [3.05, 3.63) is 17.8 Å². The lowest BCUT2D eigenvalue weighted by atomic mass is 10.2. The van der Waals surface area contributed by atoms with Gasteiger partial charge in [0.15, 0.2) is 0 Å². The van der Waals surface area contributed by atoms with Gasteiger partial charge in [-0.15, -0.1) is 0 Å². The first kappa shape index (κ1) is 12.8. The molecule has 6 heteroatoms. The van der Waals surface area contributed by atoms with E-state index in [0.29, 0.717) is 12.4 Å². The van der Waals surface area contributed by atoms with E-state index in [9.17, 15) is 4.79 Å². The van der Waals surface area contributed by atoms with Gasteiger partial charge in [0.25, 0.3) is 5.91 Å². The third-order valence-electron chi connectivity index (χ3n) is 2.35. The van der Waals surface area contributed by atoms with Crippen molar-refractivity contribution in [2.45, 2.75) is 6.92 Å². The first-order valence-corrected chi connectivity index (χ1v) is 5.11. The molecule has 4 N–H and O–H groups in total. The number of primary amides is 1. The van der Waals surface area contributed by atoms with Crippen LogP contribution in [-0.2, 0) is 0 Å². The Kier molecular flexibility index (Phi) is 3.88. The van der Waals surface area contributed by atoms with Gasteiger partial charge in [-0.3, -0.25) is 4.79 Å². The first-order valence-electron chi connectivity index (χ1n) is 5.11. The van der Waals surface area contributed by atoms with Gasteiger partial charge < -0.3 is 16.4 Å². The van der Waals surface area contributed by atoms with Gasteiger partial charge in [0, 0.05) is 13.6 Å². The van der Waals surface area contributed by atoms with Gasteiger partial charge in [0.2, 0.25) is 0 Å². The molecule has 0 aliphatic carbocycles. The summed E-state index contributed by atoms with van der Waals surface area (Å²) in [5, 5.41) is 8.73. The number of nitriles is 1. The van der Waals surface area contributed by atoms with Crippen molar-refractivity contribution >= 4 is 17.4 Å². The summed E-state index contributed by atoms with van der Waals surface area (Å²) in [5.41, 5.74) is 11.3. The molecule has 0 spiro atoms. The van der Waals surface area contributed by atoms with Crippen LogP contribution >= 0.6 is 0 Å². The Bertz CT molecular complexity index is 465. The first-order chi connectivity index (χ1) is 7.95. The molecule has 0 radical (unpaired) electrons. The molecule has 0 aliphatic heterocycles. The fraction of sp³-hybridized carbons (Fsp3) is 0.364. The molecule has 1 amide bonds. The number of nitrogens with two attached hydrogens (primary N) is 2. The van der Waals surface area contributed by atoms with Crippen LogP contribution in [0.2, 0.25) is 0 Å². The number of hydrogen-bond donors (Lipinski definition) is 2. The van der Waals surface area contributed by atoms with Crippen LogP contribution in [0.4, 0.5) is 11.5 Å². The van der Waals surface area contributed by atoms with Gasteiger partial charge in [-0.2, -0.15) is 5.26 Å². The Morgan fingerprint density at radius 3 is 2.88 bits per heavy atom. The minimum atomic E-state index is -0.590. The van der Waals surface area contributed by atoms with Gasteiger partial charge in [-0.1, -0.05) is 0 Å². The van der Waals surface area contributed by atoms with Gasteiger partial charge in [-0.25, -0.2) is 4.98 Å². The third-order valence-corrected chi connectivity index (χ3v) is 2.35. The quantitative estimate of drug-likeness (QED) is 0.780. The summed E-state index contributed by atoms with van der Waals surface area (Å²) in [7, 11) is 1.79. The Morgan fingerprint density at radius 1 is 1.71 bits per heavy atom. The summed E-state index contributed by atoms with van der Waals surface area (Å²) in [4.78, 5) is 17.0. The smallest absolute Gasteiger partial charge is 0.250 e. The normalized spacial score (nSPS) is 11.6. The maximum Gasteiger partial charge on any atom is 0.250 e. The Labute approximate surface area is 99.8 Å². The molecule has 1 atom stereocenters. The average molecular weight is 233 g/mol. The standard InChI is InChI=1S/C11H15N5O/c1-7(4-12)6-16(2)10-3-8(11(14)17)9(13)5-15-10/h3,5,7H,6,13H2,1-2H3,(H2,14,17). The van der Waals surface area contributed by atoms with Crippen molar-refractivity contribution in [1.82, 2.24) is 4.98 Å². The second kappa shape index (κ2) is 5.16. The molecule has 90 valence electrons. The summed E-state index contributed by atoms with van der Waals surface area (Å²) in [6.45, 7) is 2.33. The van der Waals surface area contributed by atoms with Gasteiger partial charge in [0.1, 0.15) is 5.82 Å². The molecule has 1 heterocycles. The van der Waals surface area contributed by atoms with Crippen LogP contribution in [0, 0.1) is 17.2 Å². The molecule has 1 aromatic rings. The maximum absolute atomic E-state index is 11.1. The number of rotatable bonds is 4. The van der Waals surface area contributed by atoms with E-state index in [1.54, 1.807) is 11.9 Å². The number of carbonyl (C=O) groups excluding carboxylic acids is 1. The van der Waals surface area contributed by atoms with E-state index in [4.69, 9.17) is 16.7 Å². The lowest BCUT2D eigenvalue weighted by molar-refractivity contribution is 0.100. The number of carbonyl (C=O) groups is 1. The highest BCUT2D eigenvalue weighted by Crippen LogP contribution is 2.17. The predicted molar refractivity (Wildman–Crippen MR) is 65.2 cm³/mol. The third kappa shape index (κ3) is 3.08. The fourth-order valence-corrected chi connectivity index (χ4v) is 1.42.